The minimum Gasteiger partial charge on any atom is -0.488 e. The smallest absolute Gasteiger partial charge is 0.407 e. The maximum atomic E-state index is 14.6. The van der Waals surface area contributed by atoms with Crippen LogP contribution in [0.1, 0.15) is 6.92 Å². The van der Waals surface area contributed by atoms with E-state index in [4.69, 9.17) is 16.3 Å². The fourth-order valence-electron chi connectivity index (χ4n) is 3.52. The van der Waals surface area contributed by atoms with E-state index in [2.05, 4.69) is 25.8 Å². The molecule has 1 aromatic heterocycles. The van der Waals surface area contributed by atoms with Crippen LogP contribution >= 0.6 is 27.5 Å². The van der Waals surface area contributed by atoms with Gasteiger partial charge in [0.1, 0.15) is 12.1 Å². The number of halogens is 3. The van der Waals surface area contributed by atoms with Gasteiger partial charge in [-0.05, 0) is 28.9 Å². The second-order valence-corrected chi connectivity index (χ2v) is 7.45. The number of nitrogens with zero attached hydrogens (tertiary/aromatic N) is 3. The van der Waals surface area contributed by atoms with Crippen molar-refractivity contribution in [2.75, 3.05) is 24.6 Å². The molecule has 0 bridgehead atoms. The van der Waals surface area contributed by atoms with Crippen molar-refractivity contribution in [3.8, 4) is 5.75 Å². The largest absolute Gasteiger partial charge is 0.488 e. The molecule has 4 rings (SSSR count). The van der Waals surface area contributed by atoms with E-state index < -0.39 is 11.9 Å². The van der Waals surface area contributed by atoms with E-state index in [1.807, 2.05) is 6.92 Å². The molecule has 1 fully saturated rings. The highest BCUT2D eigenvalue weighted by atomic mass is 79.9. The van der Waals surface area contributed by atoms with Crippen LogP contribution in [0.5, 0.6) is 5.75 Å². The highest BCUT2D eigenvalue weighted by molar-refractivity contribution is 9.10. The highest BCUT2D eigenvalue weighted by Gasteiger charge is 2.39. The molecular formula is C16H14BrClFN3O3. The Labute approximate surface area is 156 Å². The molecule has 1 aromatic carbocycles. The van der Waals surface area contributed by atoms with E-state index in [1.165, 1.54) is 11.1 Å². The van der Waals surface area contributed by atoms with Gasteiger partial charge in [-0.25, -0.2) is 14.2 Å². The molecular weight excluding hydrogens is 417 g/mol. The molecule has 0 aliphatic carbocycles. The number of anilines is 1. The molecule has 2 atom stereocenters. The molecule has 1 N–H and O–H groups in total. The summed E-state index contributed by atoms with van der Waals surface area (Å²) in [4.78, 5) is 19.1. The molecule has 2 aliphatic heterocycles. The van der Waals surface area contributed by atoms with Gasteiger partial charge in [0, 0.05) is 24.5 Å². The van der Waals surface area contributed by atoms with Gasteiger partial charge in [-0.3, -0.25) is 0 Å². The number of benzene rings is 1. The van der Waals surface area contributed by atoms with Crippen molar-refractivity contribution >= 4 is 50.2 Å². The first kappa shape index (κ1) is 16.7. The van der Waals surface area contributed by atoms with Gasteiger partial charge in [0.2, 0.25) is 0 Å². The van der Waals surface area contributed by atoms with Gasteiger partial charge >= 0.3 is 6.09 Å². The quantitative estimate of drug-likeness (QED) is 0.645. The average molecular weight is 431 g/mol. The number of carboxylic acid groups (broad SMARTS) is 1. The van der Waals surface area contributed by atoms with Crippen molar-refractivity contribution in [1.29, 1.82) is 0 Å². The van der Waals surface area contributed by atoms with Crippen LogP contribution in [0.15, 0.2) is 16.7 Å². The van der Waals surface area contributed by atoms with Gasteiger partial charge in [-0.15, -0.1) is 0 Å². The highest BCUT2D eigenvalue weighted by Crippen LogP contribution is 2.44. The summed E-state index contributed by atoms with van der Waals surface area (Å²) >= 11 is 9.28. The molecule has 1 amide bonds. The van der Waals surface area contributed by atoms with Crippen LogP contribution in [0.2, 0.25) is 5.02 Å². The second-order valence-electron chi connectivity index (χ2n) is 6.25. The van der Waals surface area contributed by atoms with E-state index in [-0.39, 0.29) is 27.1 Å². The summed E-state index contributed by atoms with van der Waals surface area (Å²) < 4.78 is 20.5. The lowest BCUT2D eigenvalue weighted by atomic mass is 10.0. The Bertz CT molecular complexity index is 897. The summed E-state index contributed by atoms with van der Waals surface area (Å²) in [6, 6.07) is 1.32. The third-order valence-corrected chi connectivity index (χ3v) is 6.04. The zero-order valence-corrected chi connectivity index (χ0v) is 15.5. The van der Waals surface area contributed by atoms with Crippen LogP contribution in [0.3, 0.4) is 0 Å². The minimum atomic E-state index is -0.949. The molecule has 0 spiro atoms. The molecule has 3 heterocycles. The van der Waals surface area contributed by atoms with Crippen LogP contribution in [0, 0.1) is 5.82 Å². The van der Waals surface area contributed by atoms with Crippen molar-refractivity contribution in [1.82, 2.24) is 9.88 Å². The molecule has 0 saturated carbocycles. The fraction of sp³-hybridized carbons (Fsp3) is 0.375. The average Bonchev–Trinajstić information content (AvgIpc) is 2.58. The number of ether oxygens (including phenoxy) is 1. The van der Waals surface area contributed by atoms with E-state index in [1.54, 1.807) is 6.07 Å². The van der Waals surface area contributed by atoms with Crippen molar-refractivity contribution in [2.45, 2.75) is 19.0 Å². The topological polar surface area (TPSA) is 65.9 Å². The standard InChI is InChI=1S/C16H14BrClFN3O3/c1-7-4-22-8(5-21(7)16(23)24)6-25-11-3-20-14-9(15(11)22)2-10(18)12(17)13(14)19/h2-3,7-8H,4-6H2,1H3,(H,23,24)/t7-,8-/m1/s1. The summed E-state index contributed by atoms with van der Waals surface area (Å²) in [6.45, 7) is 3.02. The lowest BCUT2D eigenvalue weighted by Crippen LogP contribution is -2.61. The molecule has 0 radical (unpaired) electrons. The first-order valence-electron chi connectivity index (χ1n) is 7.73. The molecule has 9 heteroatoms. The molecule has 2 aliphatic rings. The van der Waals surface area contributed by atoms with E-state index >= 15 is 0 Å². The van der Waals surface area contributed by atoms with Crippen LogP contribution in [-0.4, -0.2) is 52.9 Å². The monoisotopic (exact) mass is 429 g/mol. The molecule has 132 valence electrons. The maximum Gasteiger partial charge on any atom is 0.407 e. The summed E-state index contributed by atoms with van der Waals surface area (Å²) in [7, 11) is 0. The normalized spacial score (nSPS) is 22.4. The first-order valence-corrected chi connectivity index (χ1v) is 8.90. The van der Waals surface area contributed by atoms with Gasteiger partial charge in [0.15, 0.2) is 11.6 Å². The molecule has 25 heavy (non-hydrogen) atoms. The van der Waals surface area contributed by atoms with Crippen molar-refractivity contribution < 1.29 is 19.0 Å². The number of carbonyl (C=O) groups is 1. The van der Waals surface area contributed by atoms with E-state index in [0.717, 1.165) is 0 Å². The number of aromatic nitrogens is 1. The lowest BCUT2D eigenvalue weighted by Gasteiger charge is -2.47. The Kier molecular flexibility index (Phi) is 3.92. The Balaban J connectivity index is 1.88. The van der Waals surface area contributed by atoms with Gasteiger partial charge in [-0.2, -0.15) is 0 Å². The molecule has 0 unspecified atom stereocenters. The number of amides is 1. The molecule has 1 saturated heterocycles. The third kappa shape index (κ3) is 2.50. The predicted octanol–water partition coefficient (Wildman–Crippen LogP) is 3.74. The summed E-state index contributed by atoms with van der Waals surface area (Å²) in [5.74, 6) is 0.0298. The van der Waals surface area contributed by atoms with Crippen LogP contribution in [0.4, 0.5) is 14.9 Å². The Morgan fingerprint density at radius 1 is 1.52 bits per heavy atom. The number of hydrogen-bond donors (Lipinski definition) is 1. The Morgan fingerprint density at radius 3 is 3.00 bits per heavy atom. The zero-order valence-electron chi connectivity index (χ0n) is 13.2. The maximum absolute atomic E-state index is 14.6. The lowest BCUT2D eigenvalue weighted by molar-refractivity contribution is 0.100. The van der Waals surface area contributed by atoms with Gasteiger partial charge in [0.05, 0.1) is 27.4 Å². The van der Waals surface area contributed by atoms with E-state index in [0.29, 0.717) is 36.5 Å². The number of piperazine rings is 1. The van der Waals surface area contributed by atoms with E-state index in [9.17, 15) is 14.3 Å². The number of rotatable bonds is 0. The molecule has 6 nitrogen and oxygen atoms in total. The SMILES string of the molecule is C[C@@H]1CN2c3c(cnc4c(F)c(Br)c(Cl)cc34)OC[C@H]2CN1C(=O)O. The number of fused-ring (bicyclic) bond motifs is 5. The van der Waals surface area contributed by atoms with Gasteiger partial charge in [0.25, 0.3) is 0 Å². The predicted molar refractivity (Wildman–Crippen MR) is 95.2 cm³/mol. The summed E-state index contributed by atoms with van der Waals surface area (Å²) in [6.07, 6.45) is 0.557. The van der Waals surface area contributed by atoms with Crippen molar-refractivity contribution in [3.63, 3.8) is 0 Å². The Morgan fingerprint density at radius 2 is 2.28 bits per heavy atom. The van der Waals surface area contributed by atoms with Crippen LogP contribution < -0.4 is 9.64 Å². The summed E-state index contributed by atoms with van der Waals surface area (Å²) in [5, 5.41) is 10.2. The van der Waals surface area contributed by atoms with Crippen LogP contribution in [-0.2, 0) is 0 Å². The van der Waals surface area contributed by atoms with Gasteiger partial charge < -0.3 is 19.6 Å². The number of hydrogen-bond acceptors (Lipinski definition) is 4. The van der Waals surface area contributed by atoms with Crippen molar-refractivity contribution in [2.24, 2.45) is 0 Å². The molecule has 2 aromatic rings. The number of pyridine rings is 1. The van der Waals surface area contributed by atoms with Crippen molar-refractivity contribution in [3.05, 3.63) is 27.6 Å². The zero-order chi connectivity index (χ0) is 17.9. The summed E-state index contributed by atoms with van der Waals surface area (Å²) in [5.41, 5.74) is 0.916. The van der Waals surface area contributed by atoms with Crippen LogP contribution in [0.25, 0.3) is 10.9 Å². The second kappa shape index (κ2) is 5.88. The first-order chi connectivity index (χ1) is 11.9. The minimum absolute atomic E-state index is 0.143. The third-order valence-electron chi connectivity index (χ3n) is 4.74. The fourth-order valence-corrected chi connectivity index (χ4v) is 4.01. The van der Waals surface area contributed by atoms with Gasteiger partial charge in [-0.1, -0.05) is 11.6 Å². The Hall–Kier alpha value is -1.80.